The molecule has 0 saturated heterocycles. The van der Waals surface area contributed by atoms with Gasteiger partial charge in [0.2, 0.25) is 0 Å². The van der Waals surface area contributed by atoms with Crippen molar-refractivity contribution < 1.29 is 0 Å². The molecular weight excluding hydrogens is 218 g/mol. The Labute approximate surface area is 115 Å². The third-order valence-corrected chi connectivity index (χ3v) is 3.55. The summed E-state index contributed by atoms with van der Waals surface area (Å²) in [6, 6.07) is 0.769. The van der Waals surface area contributed by atoms with Gasteiger partial charge in [0.15, 0.2) is 0 Å². The van der Waals surface area contributed by atoms with Gasteiger partial charge in [0, 0.05) is 6.04 Å². The van der Waals surface area contributed by atoms with Crippen LogP contribution in [0.2, 0.25) is 0 Å². The Bertz CT molecular complexity index is 165. The van der Waals surface area contributed by atoms with E-state index in [0.29, 0.717) is 0 Å². The van der Waals surface area contributed by atoms with Crippen molar-refractivity contribution in [2.24, 2.45) is 0 Å². The summed E-state index contributed by atoms with van der Waals surface area (Å²) < 4.78 is 0. The summed E-state index contributed by atoms with van der Waals surface area (Å²) in [5.41, 5.74) is 0. The third-order valence-electron chi connectivity index (χ3n) is 3.55. The molecule has 0 aromatic carbocycles. The van der Waals surface area contributed by atoms with E-state index in [0.717, 1.165) is 6.04 Å². The normalized spacial score (nSPS) is 12.6. The first-order valence-corrected chi connectivity index (χ1v) is 8.19. The lowest BCUT2D eigenvalue weighted by Crippen LogP contribution is -2.29. The van der Waals surface area contributed by atoms with Gasteiger partial charge in [-0.05, 0) is 38.6 Å². The van der Waals surface area contributed by atoms with Crippen LogP contribution in [-0.4, -0.2) is 12.6 Å². The van der Waals surface area contributed by atoms with Crippen molar-refractivity contribution in [2.75, 3.05) is 6.54 Å². The number of unbranched alkanes of at least 4 members (excludes halogenated alkanes) is 6. The summed E-state index contributed by atoms with van der Waals surface area (Å²) in [6.45, 7) is 9.50. The molecule has 1 atom stereocenters. The van der Waals surface area contributed by atoms with Crippen molar-refractivity contribution in [3.05, 3.63) is 12.7 Å². The molecule has 18 heavy (non-hydrogen) atoms. The van der Waals surface area contributed by atoms with Crippen molar-refractivity contribution in [1.82, 2.24) is 5.32 Å². The summed E-state index contributed by atoms with van der Waals surface area (Å²) in [5.74, 6) is 0. The highest BCUT2D eigenvalue weighted by atomic mass is 14.9. The average molecular weight is 253 g/mol. The summed E-state index contributed by atoms with van der Waals surface area (Å²) in [5, 5.41) is 3.72. The number of rotatable bonds is 14. The van der Waals surface area contributed by atoms with Gasteiger partial charge in [-0.25, -0.2) is 0 Å². The molecule has 108 valence electrons. The fourth-order valence-corrected chi connectivity index (χ4v) is 2.37. The van der Waals surface area contributed by atoms with Gasteiger partial charge in [-0.15, -0.1) is 6.58 Å². The molecule has 0 bridgehead atoms. The predicted molar refractivity (Wildman–Crippen MR) is 84.1 cm³/mol. The third kappa shape index (κ3) is 12.2. The minimum absolute atomic E-state index is 0.769. The van der Waals surface area contributed by atoms with E-state index in [2.05, 4.69) is 25.7 Å². The molecule has 0 heterocycles. The van der Waals surface area contributed by atoms with Crippen LogP contribution < -0.4 is 5.32 Å². The Kier molecular flexibility index (Phi) is 14.5. The van der Waals surface area contributed by atoms with Gasteiger partial charge >= 0.3 is 0 Å². The topological polar surface area (TPSA) is 12.0 Å². The lowest BCUT2D eigenvalue weighted by molar-refractivity contribution is 0.416. The van der Waals surface area contributed by atoms with Crippen LogP contribution in [0, 0.1) is 0 Å². The number of hydrogen-bond acceptors (Lipinski definition) is 1. The molecule has 0 amide bonds. The van der Waals surface area contributed by atoms with E-state index in [1.54, 1.807) is 0 Å². The zero-order valence-corrected chi connectivity index (χ0v) is 12.8. The van der Waals surface area contributed by atoms with Crippen LogP contribution in [-0.2, 0) is 0 Å². The van der Waals surface area contributed by atoms with Crippen molar-refractivity contribution >= 4 is 0 Å². The lowest BCUT2D eigenvalue weighted by atomic mass is 10.0. The monoisotopic (exact) mass is 253 g/mol. The fourth-order valence-electron chi connectivity index (χ4n) is 2.37. The lowest BCUT2D eigenvalue weighted by Gasteiger charge is -2.18. The van der Waals surface area contributed by atoms with E-state index in [1.165, 1.54) is 77.2 Å². The van der Waals surface area contributed by atoms with Gasteiger partial charge < -0.3 is 5.32 Å². The number of hydrogen-bond donors (Lipinski definition) is 1. The second-order valence-electron chi connectivity index (χ2n) is 5.43. The minimum atomic E-state index is 0.769. The molecule has 0 aromatic heterocycles. The average Bonchev–Trinajstić information content (AvgIpc) is 2.39. The van der Waals surface area contributed by atoms with Gasteiger partial charge in [0.1, 0.15) is 0 Å². The first-order valence-electron chi connectivity index (χ1n) is 8.19. The van der Waals surface area contributed by atoms with Crippen molar-refractivity contribution in [3.8, 4) is 0 Å². The highest BCUT2D eigenvalue weighted by Gasteiger charge is 2.06. The van der Waals surface area contributed by atoms with E-state index in [4.69, 9.17) is 0 Å². The molecule has 0 aliphatic rings. The first-order chi connectivity index (χ1) is 8.85. The molecule has 0 aliphatic heterocycles. The molecule has 0 aromatic rings. The second kappa shape index (κ2) is 14.8. The molecule has 0 rings (SSSR count). The van der Waals surface area contributed by atoms with Gasteiger partial charge in [-0.2, -0.15) is 0 Å². The van der Waals surface area contributed by atoms with Crippen LogP contribution in [0.1, 0.15) is 84.5 Å². The molecule has 1 N–H and O–H groups in total. The van der Waals surface area contributed by atoms with Crippen molar-refractivity contribution in [3.63, 3.8) is 0 Å². The first kappa shape index (κ1) is 17.7. The quantitative estimate of drug-likeness (QED) is 0.320. The summed E-state index contributed by atoms with van der Waals surface area (Å²) in [4.78, 5) is 0. The molecule has 1 unspecified atom stereocenters. The summed E-state index contributed by atoms with van der Waals surface area (Å²) >= 11 is 0. The molecule has 0 radical (unpaired) electrons. The zero-order valence-electron chi connectivity index (χ0n) is 12.8. The van der Waals surface area contributed by atoms with Crippen LogP contribution in [0.5, 0.6) is 0 Å². The van der Waals surface area contributed by atoms with E-state index in [9.17, 15) is 0 Å². The fraction of sp³-hybridized carbons (Fsp3) is 0.882. The van der Waals surface area contributed by atoms with Crippen LogP contribution in [0.3, 0.4) is 0 Å². The van der Waals surface area contributed by atoms with E-state index in [-0.39, 0.29) is 0 Å². The largest absolute Gasteiger partial charge is 0.314 e. The predicted octanol–water partition coefficient (Wildman–Crippen LogP) is 5.46. The Morgan fingerprint density at radius 3 is 2.11 bits per heavy atom. The van der Waals surface area contributed by atoms with E-state index >= 15 is 0 Å². The number of nitrogens with one attached hydrogen (secondary N) is 1. The van der Waals surface area contributed by atoms with Crippen LogP contribution >= 0.6 is 0 Å². The highest BCUT2D eigenvalue weighted by Crippen LogP contribution is 2.12. The summed E-state index contributed by atoms with van der Waals surface area (Å²) in [6.07, 6.45) is 16.8. The standard InChI is InChI=1S/C17H35N/c1-4-7-9-11-13-15-17(18-16-6-3)14-12-10-8-5-2/h4,17-18H,1,5-16H2,2-3H3. The maximum Gasteiger partial charge on any atom is 0.00670 e. The Morgan fingerprint density at radius 1 is 0.889 bits per heavy atom. The Balaban J connectivity index is 3.59. The van der Waals surface area contributed by atoms with E-state index in [1.807, 2.05) is 6.08 Å². The van der Waals surface area contributed by atoms with Crippen LogP contribution in [0.4, 0.5) is 0 Å². The zero-order chi connectivity index (χ0) is 13.5. The molecule has 0 spiro atoms. The summed E-state index contributed by atoms with van der Waals surface area (Å²) in [7, 11) is 0. The number of allylic oxidation sites excluding steroid dienone is 1. The molecule has 1 heteroatoms. The van der Waals surface area contributed by atoms with Gasteiger partial charge in [-0.3, -0.25) is 0 Å². The molecule has 1 nitrogen and oxygen atoms in total. The van der Waals surface area contributed by atoms with Gasteiger partial charge in [0.25, 0.3) is 0 Å². The molecule has 0 saturated carbocycles. The molecule has 0 fully saturated rings. The Hall–Kier alpha value is -0.300. The second-order valence-corrected chi connectivity index (χ2v) is 5.43. The SMILES string of the molecule is C=CCCCCCC(CCCCCC)NCCC. The van der Waals surface area contributed by atoms with Crippen LogP contribution in [0.25, 0.3) is 0 Å². The minimum Gasteiger partial charge on any atom is -0.314 e. The molecule has 0 aliphatic carbocycles. The maximum absolute atomic E-state index is 3.78. The van der Waals surface area contributed by atoms with Gasteiger partial charge in [-0.1, -0.05) is 58.4 Å². The maximum atomic E-state index is 3.78. The van der Waals surface area contributed by atoms with E-state index < -0.39 is 0 Å². The van der Waals surface area contributed by atoms with Crippen molar-refractivity contribution in [1.29, 1.82) is 0 Å². The molecular formula is C17H35N. The van der Waals surface area contributed by atoms with Crippen molar-refractivity contribution in [2.45, 2.75) is 90.5 Å². The van der Waals surface area contributed by atoms with Gasteiger partial charge in [0.05, 0.1) is 0 Å². The van der Waals surface area contributed by atoms with Crippen LogP contribution in [0.15, 0.2) is 12.7 Å². The highest BCUT2D eigenvalue weighted by molar-refractivity contribution is 4.69. The Morgan fingerprint density at radius 2 is 1.56 bits per heavy atom. The smallest absolute Gasteiger partial charge is 0.00670 e.